The van der Waals surface area contributed by atoms with Crippen molar-refractivity contribution < 1.29 is 23.5 Å². The normalized spacial score (nSPS) is 10.7. The number of hydrogen-bond acceptors (Lipinski definition) is 4. The molecule has 0 aromatic heterocycles. The van der Waals surface area contributed by atoms with Crippen LogP contribution in [0.4, 0.5) is 4.79 Å². The first kappa shape index (κ1) is 17.8. The van der Waals surface area contributed by atoms with E-state index in [4.69, 9.17) is 9.63 Å². The summed E-state index contributed by atoms with van der Waals surface area (Å²) in [5.41, 5.74) is 1.07. The largest absolute Gasteiger partial charge is 0.426 e. The van der Waals surface area contributed by atoms with Gasteiger partial charge in [-0.1, -0.05) is 30.3 Å². The van der Waals surface area contributed by atoms with Crippen LogP contribution in [0.15, 0.2) is 54.6 Å². The Morgan fingerprint density at radius 3 is 2.27 bits per heavy atom. The van der Waals surface area contributed by atoms with E-state index in [1.807, 2.05) is 19.1 Å². The molecule has 1 atom stereocenters. The van der Waals surface area contributed by atoms with Gasteiger partial charge in [-0.15, -0.1) is 0 Å². The zero-order valence-electron chi connectivity index (χ0n) is 12.3. The minimum atomic E-state index is -2.84. The molecule has 0 fully saturated rings. The van der Waals surface area contributed by atoms with Gasteiger partial charge in [0.15, 0.2) is 0 Å². The number of nitrogens with one attached hydrogen (secondary N) is 1. The maximum atomic E-state index is 10.8. The lowest BCUT2D eigenvalue weighted by Crippen LogP contribution is -2.21. The van der Waals surface area contributed by atoms with E-state index in [9.17, 15) is 9.36 Å². The lowest BCUT2D eigenvalue weighted by Gasteiger charge is -2.02. The molecule has 7 heteroatoms. The molecule has 2 aromatic carbocycles. The van der Waals surface area contributed by atoms with Crippen LogP contribution in [0.3, 0.4) is 0 Å². The van der Waals surface area contributed by atoms with Crippen molar-refractivity contribution in [1.82, 2.24) is 5.32 Å². The SMILES string of the molecule is CNC(=O)Oc1cccc(C)c1.O=[PH](O)Oc1ccccc1. The molecule has 2 N–H and O–H groups in total. The first-order valence-electron chi connectivity index (χ1n) is 6.43. The number of carbonyl (C=O) groups excluding carboxylic acids is 1. The molecular formula is C15H18NO5P. The molecule has 0 aliphatic carbocycles. The van der Waals surface area contributed by atoms with E-state index in [0.717, 1.165) is 5.56 Å². The molecule has 6 nitrogen and oxygen atoms in total. The minimum Gasteiger partial charge on any atom is -0.426 e. The van der Waals surface area contributed by atoms with Gasteiger partial charge < -0.3 is 19.5 Å². The van der Waals surface area contributed by atoms with Gasteiger partial charge in [-0.2, -0.15) is 0 Å². The minimum absolute atomic E-state index is 0.425. The number of amides is 1. The Morgan fingerprint density at radius 1 is 1.09 bits per heavy atom. The number of hydrogen-bond donors (Lipinski definition) is 2. The van der Waals surface area contributed by atoms with Crippen molar-refractivity contribution >= 4 is 14.3 Å². The molecule has 0 spiro atoms. The van der Waals surface area contributed by atoms with Crippen LogP contribution >= 0.6 is 8.25 Å². The van der Waals surface area contributed by atoms with Gasteiger partial charge in [0.1, 0.15) is 11.5 Å². The standard InChI is InChI=1S/C9H11NO2.C6H7O3P/c1-7-4-3-5-8(6-7)12-9(11)10-2;7-10(8)9-6-4-2-1-3-5-6/h3-6H,1-2H3,(H,10,11);1-5,10H,(H,7,8). The van der Waals surface area contributed by atoms with Crippen molar-refractivity contribution in [3.05, 3.63) is 60.2 Å². The van der Waals surface area contributed by atoms with Gasteiger partial charge in [0.25, 0.3) is 0 Å². The molecule has 0 aliphatic rings. The van der Waals surface area contributed by atoms with Crippen LogP contribution in [0.1, 0.15) is 5.56 Å². The average molecular weight is 323 g/mol. The van der Waals surface area contributed by atoms with Crippen LogP contribution < -0.4 is 14.6 Å². The molecule has 0 saturated heterocycles. The summed E-state index contributed by atoms with van der Waals surface area (Å²) in [6.45, 7) is 1.94. The third-order valence-electron chi connectivity index (χ3n) is 2.35. The Hall–Kier alpha value is -2.30. The van der Waals surface area contributed by atoms with Crippen molar-refractivity contribution in [1.29, 1.82) is 0 Å². The van der Waals surface area contributed by atoms with E-state index < -0.39 is 14.3 Å². The molecule has 22 heavy (non-hydrogen) atoms. The van der Waals surface area contributed by atoms with Crippen LogP contribution in [0.2, 0.25) is 0 Å². The summed E-state index contributed by atoms with van der Waals surface area (Å²) in [6.07, 6.45) is -0.444. The second-order valence-corrected chi connectivity index (χ2v) is 4.87. The van der Waals surface area contributed by atoms with E-state index in [2.05, 4.69) is 9.84 Å². The number of ether oxygens (including phenoxy) is 1. The highest BCUT2D eigenvalue weighted by molar-refractivity contribution is 7.32. The fraction of sp³-hybridized carbons (Fsp3) is 0.133. The molecule has 0 bridgehead atoms. The summed E-state index contributed by atoms with van der Waals surface area (Å²) in [6, 6.07) is 15.8. The summed E-state index contributed by atoms with van der Waals surface area (Å²) in [5, 5.41) is 2.37. The van der Waals surface area contributed by atoms with E-state index in [0.29, 0.717) is 11.5 Å². The summed E-state index contributed by atoms with van der Waals surface area (Å²) in [5.74, 6) is 0.989. The maximum absolute atomic E-state index is 10.8. The highest BCUT2D eigenvalue weighted by Gasteiger charge is 1.99. The molecule has 2 aromatic rings. The zero-order valence-corrected chi connectivity index (χ0v) is 13.3. The van der Waals surface area contributed by atoms with Gasteiger partial charge in [-0.25, -0.2) is 9.36 Å². The summed E-state index contributed by atoms with van der Waals surface area (Å²) in [7, 11) is -1.31. The van der Waals surface area contributed by atoms with Crippen molar-refractivity contribution in [3.8, 4) is 11.5 Å². The average Bonchev–Trinajstić information content (AvgIpc) is 2.48. The topological polar surface area (TPSA) is 84.9 Å². The fourth-order valence-corrected chi connectivity index (χ4v) is 1.76. The van der Waals surface area contributed by atoms with E-state index >= 15 is 0 Å². The van der Waals surface area contributed by atoms with Crippen LogP contribution in [-0.2, 0) is 4.57 Å². The Labute approximate surface area is 129 Å². The van der Waals surface area contributed by atoms with Gasteiger partial charge in [0.2, 0.25) is 0 Å². The predicted molar refractivity (Wildman–Crippen MR) is 84.6 cm³/mol. The lowest BCUT2D eigenvalue weighted by atomic mass is 10.2. The highest BCUT2D eigenvalue weighted by Crippen LogP contribution is 2.21. The Bertz CT molecular complexity index is 618. The van der Waals surface area contributed by atoms with E-state index in [1.165, 1.54) is 7.05 Å². The van der Waals surface area contributed by atoms with Crippen molar-refractivity contribution in [2.24, 2.45) is 0 Å². The monoisotopic (exact) mass is 323 g/mol. The second-order valence-electron chi connectivity index (χ2n) is 4.14. The Balaban J connectivity index is 0.000000224. The molecule has 2 rings (SSSR count). The van der Waals surface area contributed by atoms with Crippen molar-refractivity contribution in [2.45, 2.75) is 6.92 Å². The first-order valence-corrected chi connectivity index (χ1v) is 7.69. The van der Waals surface area contributed by atoms with Gasteiger partial charge in [-0.05, 0) is 36.8 Å². The predicted octanol–water partition coefficient (Wildman–Crippen LogP) is 3.16. The third-order valence-corrected chi connectivity index (χ3v) is 2.76. The van der Waals surface area contributed by atoms with E-state index in [-0.39, 0.29) is 0 Å². The lowest BCUT2D eigenvalue weighted by molar-refractivity contribution is 0.203. The number of aryl methyl sites for hydroxylation is 1. The second kappa shape index (κ2) is 9.60. The number of benzene rings is 2. The number of para-hydroxylation sites is 1. The molecule has 118 valence electrons. The first-order chi connectivity index (χ1) is 10.5. The van der Waals surface area contributed by atoms with Crippen molar-refractivity contribution in [2.75, 3.05) is 7.05 Å². The van der Waals surface area contributed by atoms with Crippen LogP contribution in [0.25, 0.3) is 0 Å². The fourth-order valence-electron chi connectivity index (χ4n) is 1.43. The van der Waals surface area contributed by atoms with Crippen LogP contribution in [-0.4, -0.2) is 18.0 Å². The molecule has 0 heterocycles. The van der Waals surface area contributed by atoms with Gasteiger partial charge in [-0.3, -0.25) is 0 Å². The van der Waals surface area contributed by atoms with Gasteiger partial charge in [0.05, 0.1) is 0 Å². The quantitative estimate of drug-likeness (QED) is 0.848. The number of carbonyl (C=O) groups is 1. The van der Waals surface area contributed by atoms with Gasteiger partial charge in [0, 0.05) is 7.05 Å². The Morgan fingerprint density at radius 2 is 1.73 bits per heavy atom. The highest BCUT2D eigenvalue weighted by atomic mass is 31.1. The van der Waals surface area contributed by atoms with Crippen molar-refractivity contribution in [3.63, 3.8) is 0 Å². The van der Waals surface area contributed by atoms with E-state index in [1.54, 1.807) is 42.5 Å². The van der Waals surface area contributed by atoms with Crippen LogP contribution in [0.5, 0.6) is 11.5 Å². The molecule has 0 radical (unpaired) electrons. The summed E-state index contributed by atoms with van der Waals surface area (Å²) in [4.78, 5) is 19.1. The molecule has 1 amide bonds. The third kappa shape index (κ3) is 7.47. The molecular weight excluding hydrogens is 305 g/mol. The number of rotatable bonds is 3. The zero-order chi connectivity index (χ0) is 16.4. The smallest absolute Gasteiger partial charge is 0.412 e. The van der Waals surface area contributed by atoms with Crippen LogP contribution in [0, 0.1) is 6.92 Å². The van der Waals surface area contributed by atoms with Gasteiger partial charge >= 0.3 is 14.3 Å². The Kier molecular flexibility index (Phi) is 7.75. The molecule has 0 saturated carbocycles. The molecule has 1 unspecified atom stereocenters. The molecule has 0 aliphatic heterocycles. The summed E-state index contributed by atoms with van der Waals surface area (Å²) < 4.78 is 19.5. The maximum Gasteiger partial charge on any atom is 0.412 e. The summed E-state index contributed by atoms with van der Waals surface area (Å²) >= 11 is 0.